The second-order valence-corrected chi connectivity index (χ2v) is 9.74. The van der Waals surface area contributed by atoms with E-state index in [1.165, 1.54) is 0 Å². The number of fused-ring (bicyclic) bond motifs is 3. The molecule has 3 aromatic carbocycles. The highest BCUT2D eigenvalue weighted by atomic mass is 32.2. The van der Waals surface area contributed by atoms with Gasteiger partial charge in [-0.1, -0.05) is 37.3 Å². The number of sulfonamides is 1. The molecule has 32 heavy (non-hydrogen) atoms. The van der Waals surface area contributed by atoms with Crippen LogP contribution in [0.25, 0.3) is 21.8 Å². The molecule has 4 rings (SSSR count). The van der Waals surface area contributed by atoms with Crippen LogP contribution in [-0.2, 0) is 27.8 Å². The molecule has 7 heteroatoms. The van der Waals surface area contributed by atoms with E-state index in [-0.39, 0.29) is 6.54 Å². The van der Waals surface area contributed by atoms with Crippen LogP contribution in [0.5, 0.6) is 0 Å². The molecule has 0 radical (unpaired) electrons. The van der Waals surface area contributed by atoms with E-state index in [1.54, 1.807) is 12.1 Å². The van der Waals surface area contributed by atoms with Crippen LogP contribution >= 0.6 is 0 Å². The quantitative estimate of drug-likeness (QED) is 0.441. The topological polar surface area (TPSA) is 71.4 Å². The Morgan fingerprint density at radius 1 is 0.938 bits per heavy atom. The lowest BCUT2D eigenvalue weighted by atomic mass is 10.1. The predicted octanol–water partition coefficient (Wildman–Crippen LogP) is 4.78. The number of aromatic nitrogens is 1. The van der Waals surface area contributed by atoms with Crippen molar-refractivity contribution in [3.05, 3.63) is 72.3 Å². The maximum Gasteiger partial charge on any atom is 0.245 e. The summed E-state index contributed by atoms with van der Waals surface area (Å²) in [6, 6.07) is 21.2. The monoisotopic (exact) mass is 449 g/mol. The Labute approximate surface area is 188 Å². The van der Waals surface area contributed by atoms with E-state index in [1.807, 2.05) is 49.4 Å². The molecule has 0 saturated carbocycles. The lowest BCUT2D eigenvalue weighted by Gasteiger charge is -2.22. The van der Waals surface area contributed by atoms with E-state index < -0.39 is 15.9 Å². The van der Waals surface area contributed by atoms with Crippen molar-refractivity contribution in [2.24, 2.45) is 0 Å². The summed E-state index contributed by atoms with van der Waals surface area (Å²) in [6.45, 7) is 4.69. The number of rotatable bonds is 7. The molecule has 0 saturated heterocycles. The van der Waals surface area contributed by atoms with Crippen molar-refractivity contribution >= 4 is 49.1 Å². The largest absolute Gasteiger partial charge is 0.341 e. The van der Waals surface area contributed by atoms with Gasteiger partial charge >= 0.3 is 0 Å². The van der Waals surface area contributed by atoms with Gasteiger partial charge in [0.25, 0.3) is 0 Å². The highest BCUT2D eigenvalue weighted by Gasteiger charge is 2.21. The first-order valence-corrected chi connectivity index (χ1v) is 12.5. The first kappa shape index (κ1) is 21.9. The van der Waals surface area contributed by atoms with E-state index >= 15 is 0 Å². The number of hydrogen-bond donors (Lipinski definition) is 1. The van der Waals surface area contributed by atoms with Crippen molar-refractivity contribution in [3.63, 3.8) is 0 Å². The van der Waals surface area contributed by atoms with Crippen molar-refractivity contribution in [1.29, 1.82) is 0 Å². The summed E-state index contributed by atoms with van der Waals surface area (Å²) in [5, 5.41) is 5.04. The van der Waals surface area contributed by atoms with Gasteiger partial charge in [-0.15, -0.1) is 0 Å². The minimum Gasteiger partial charge on any atom is -0.341 e. The number of hydrogen-bond acceptors (Lipinski definition) is 3. The summed E-state index contributed by atoms with van der Waals surface area (Å²) in [5.74, 6) is -0.395. The van der Waals surface area contributed by atoms with Crippen molar-refractivity contribution in [2.75, 3.05) is 22.4 Å². The summed E-state index contributed by atoms with van der Waals surface area (Å²) in [5.41, 5.74) is 4.46. The molecule has 0 atom stereocenters. The van der Waals surface area contributed by atoms with Gasteiger partial charge in [-0.2, -0.15) is 0 Å². The molecule has 166 valence electrons. The zero-order chi connectivity index (χ0) is 22.9. The first-order valence-electron chi connectivity index (χ1n) is 10.7. The van der Waals surface area contributed by atoms with Crippen LogP contribution in [0.4, 0.5) is 11.4 Å². The lowest BCUT2D eigenvalue weighted by molar-refractivity contribution is -0.114. The average molecular weight is 450 g/mol. The first-order chi connectivity index (χ1) is 15.3. The Morgan fingerprint density at radius 2 is 1.62 bits per heavy atom. The number of anilines is 2. The number of nitrogens with one attached hydrogen (secondary N) is 1. The molecule has 0 fully saturated rings. The maximum absolute atomic E-state index is 12.8. The fraction of sp³-hybridized carbons (Fsp3) is 0.240. The molecule has 1 amide bonds. The number of nitrogens with zero attached hydrogens (tertiary/aromatic N) is 2. The second-order valence-electron chi connectivity index (χ2n) is 7.83. The van der Waals surface area contributed by atoms with Crippen molar-refractivity contribution in [3.8, 4) is 0 Å². The Balaban J connectivity index is 1.61. The van der Waals surface area contributed by atoms with Gasteiger partial charge in [0.1, 0.15) is 6.54 Å². The van der Waals surface area contributed by atoms with Crippen LogP contribution in [0.3, 0.4) is 0 Å². The summed E-state index contributed by atoms with van der Waals surface area (Å²) < 4.78 is 28.1. The van der Waals surface area contributed by atoms with E-state index in [9.17, 15) is 13.2 Å². The number of aryl methyl sites for hydroxylation is 2. The minimum atomic E-state index is -3.62. The molecule has 0 spiro atoms. The van der Waals surface area contributed by atoms with Crippen LogP contribution in [-0.4, -0.2) is 31.7 Å². The Kier molecular flexibility index (Phi) is 5.93. The van der Waals surface area contributed by atoms with Gasteiger partial charge in [-0.3, -0.25) is 9.10 Å². The SMILES string of the molecule is CCc1ccc(N(CC(=O)Nc2ccc3c(c2)c2ccccc2n3CC)S(C)(=O)=O)cc1. The lowest BCUT2D eigenvalue weighted by Crippen LogP contribution is -2.37. The van der Waals surface area contributed by atoms with E-state index in [4.69, 9.17) is 0 Å². The van der Waals surface area contributed by atoms with Gasteiger partial charge in [0.15, 0.2) is 0 Å². The normalized spacial score (nSPS) is 11.7. The zero-order valence-corrected chi connectivity index (χ0v) is 19.3. The second kappa shape index (κ2) is 8.67. The number of carbonyl (C=O) groups is 1. The van der Waals surface area contributed by atoms with E-state index in [2.05, 4.69) is 28.9 Å². The van der Waals surface area contributed by atoms with Crippen LogP contribution in [0.15, 0.2) is 66.7 Å². The molecule has 0 bridgehead atoms. The van der Waals surface area contributed by atoms with Crippen molar-refractivity contribution < 1.29 is 13.2 Å². The van der Waals surface area contributed by atoms with Crippen LogP contribution in [0.1, 0.15) is 19.4 Å². The molecule has 1 aromatic heterocycles. The fourth-order valence-corrected chi connectivity index (χ4v) is 4.96. The molecular weight excluding hydrogens is 422 g/mol. The van der Waals surface area contributed by atoms with Crippen LogP contribution in [0.2, 0.25) is 0 Å². The Hall–Kier alpha value is -3.32. The Morgan fingerprint density at radius 3 is 2.28 bits per heavy atom. The highest BCUT2D eigenvalue weighted by molar-refractivity contribution is 7.92. The molecule has 1 N–H and O–H groups in total. The highest BCUT2D eigenvalue weighted by Crippen LogP contribution is 2.31. The van der Waals surface area contributed by atoms with Gasteiger partial charge < -0.3 is 9.88 Å². The van der Waals surface area contributed by atoms with Crippen molar-refractivity contribution in [1.82, 2.24) is 4.57 Å². The number of carbonyl (C=O) groups excluding carboxylic acids is 1. The summed E-state index contributed by atoms with van der Waals surface area (Å²) in [4.78, 5) is 12.8. The molecule has 4 aromatic rings. The average Bonchev–Trinajstić information content (AvgIpc) is 3.10. The summed E-state index contributed by atoms with van der Waals surface area (Å²) >= 11 is 0. The molecule has 0 unspecified atom stereocenters. The molecule has 0 aliphatic heterocycles. The van der Waals surface area contributed by atoms with Gasteiger partial charge in [-0.25, -0.2) is 8.42 Å². The molecule has 0 aliphatic carbocycles. The third kappa shape index (κ3) is 4.21. The standard InChI is InChI=1S/C25H27N3O3S/c1-4-18-10-13-20(14-11-18)28(32(3,30)31)17-25(29)26-19-12-15-24-22(16-19)21-8-6-7-9-23(21)27(24)5-2/h6-16H,4-5,17H2,1-3H3,(H,26,29). The smallest absolute Gasteiger partial charge is 0.245 e. The maximum atomic E-state index is 12.8. The molecule has 0 aliphatic rings. The number of benzene rings is 3. The van der Waals surface area contributed by atoms with E-state index in [0.717, 1.165) is 50.9 Å². The third-order valence-electron chi connectivity index (χ3n) is 5.69. The third-order valence-corrected chi connectivity index (χ3v) is 6.83. The fourth-order valence-electron chi connectivity index (χ4n) is 4.10. The Bertz CT molecular complexity index is 1390. The number of para-hydroxylation sites is 1. The molecular formula is C25H27N3O3S. The van der Waals surface area contributed by atoms with Gasteiger partial charge in [-0.05, 0) is 55.3 Å². The molecule has 6 nitrogen and oxygen atoms in total. The van der Waals surface area contributed by atoms with Crippen molar-refractivity contribution in [2.45, 2.75) is 26.8 Å². The predicted molar refractivity (Wildman–Crippen MR) is 132 cm³/mol. The van der Waals surface area contributed by atoms with Gasteiger partial charge in [0, 0.05) is 34.0 Å². The minimum absolute atomic E-state index is 0.293. The summed E-state index contributed by atoms with van der Waals surface area (Å²) in [7, 11) is -3.62. The summed E-state index contributed by atoms with van der Waals surface area (Å²) in [6.07, 6.45) is 1.97. The van der Waals surface area contributed by atoms with E-state index in [0.29, 0.717) is 11.4 Å². The zero-order valence-electron chi connectivity index (χ0n) is 18.5. The van der Waals surface area contributed by atoms with Crippen LogP contribution < -0.4 is 9.62 Å². The molecule has 1 heterocycles. The number of amides is 1. The van der Waals surface area contributed by atoms with Crippen LogP contribution in [0, 0.1) is 0 Å². The van der Waals surface area contributed by atoms with Gasteiger partial charge in [0.2, 0.25) is 15.9 Å². The van der Waals surface area contributed by atoms with Gasteiger partial charge in [0.05, 0.1) is 11.9 Å².